The van der Waals surface area contributed by atoms with E-state index in [2.05, 4.69) is 14.9 Å². The Labute approximate surface area is 169 Å². The first-order chi connectivity index (χ1) is 13.5. The molecule has 0 unspecified atom stereocenters. The lowest BCUT2D eigenvalue weighted by Gasteiger charge is -2.14. The maximum Gasteiger partial charge on any atom is 0.240 e. The molecule has 0 saturated carbocycles. The number of aromatic amines is 1. The minimum absolute atomic E-state index is 0.0573. The molecule has 2 N–H and O–H groups in total. The minimum Gasteiger partial charge on any atom is -0.377 e. The number of nitrogens with zero attached hydrogens (tertiary/aromatic N) is 1. The van der Waals surface area contributed by atoms with Gasteiger partial charge in [-0.25, -0.2) is 13.1 Å². The fourth-order valence-electron chi connectivity index (χ4n) is 3.46. The Hall–Kier alpha value is -2.13. The van der Waals surface area contributed by atoms with Crippen LogP contribution >= 0.6 is 12.2 Å². The number of ether oxygens (including phenoxy) is 1. The molecule has 6 nitrogen and oxygen atoms in total. The second-order valence-electron chi connectivity index (χ2n) is 6.91. The largest absolute Gasteiger partial charge is 0.377 e. The van der Waals surface area contributed by atoms with Crippen LogP contribution < -0.4 is 4.72 Å². The van der Waals surface area contributed by atoms with E-state index in [1.807, 2.05) is 30.3 Å². The summed E-state index contributed by atoms with van der Waals surface area (Å²) in [6.07, 6.45) is 1.79. The van der Waals surface area contributed by atoms with Gasteiger partial charge in [0.2, 0.25) is 10.0 Å². The maximum atomic E-state index is 12.9. The van der Waals surface area contributed by atoms with E-state index in [1.165, 1.54) is 0 Å². The van der Waals surface area contributed by atoms with E-state index in [1.54, 1.807) is 19.1 Å². The van der Waals surface area contributed by atoms with Crippen LogP contribution in [0.5, 0.6) is 0 Å². The van der Waals surface area contributed by atoms with Crippen molar-refractivity contribution in [2.24, 2.45) is 0 Å². The number of H-pyrrole nitrogens is 1. The Morgan fingerprint density at radius 2 is 2.04 bits per heavy atom. The lowest BCUT2D eigenvalue weighted by atomic mass is 10.0. The maximum absolute atomic E-state index is 12.9. The molecule has 0 bridgehead atoms. The van der Waals surface area contributed by atoms with Crippen molar-refractivity contribution in [1.82, 2.24) is 14.9 Å². The highest BCUT2D eigenvalue weighted by Gasteiger charge is 2.22. The summed E-state index contributed by atoms with van der Waals surface area (Å²) in [4.78, 5) is 0.247. The zero-order chi connectivity index (χ0) is 19.7. The fourth-order valence-corrected chi connectivity index (χ4v) is 5.02. The summed E-state index contributed by atoms with van der Waals surface area (Å²) in [6.45, 7) is 2.76. The highest BCUT2D eigenvalue weighted by atomic mass is 32.2. The first-order valence-electron chi connectivity index (χ1n) is 9.15. The topological polar surface area (TPSA) is 84.1 Å². The molecule has 3 aromatic rings. The lowest BCUT2D eigenvalue weighted by Crippen LogP contribution is -2.32. The van der Waals surface area contributed by atoms with Crippen LogP contribution in [0.25, 0.3) is 22.0 Å². The Bertz CT molecular complexity index is 1180. The van der Waals surface area contributed by atoms with Crippen molar-refractivity contribution in [1.29, 1.82) is 0 Å². The van der Waals surface area contributed by atoms with E-state index >= 15 is 0 Å². The Morgan fingerprint density at radius 1 is 1.25 bits per heavy atom. The van der Waals surface area contributed by atoms with Crippen molar-refractivity contribution in [2.45, 2.75) is 30.8 Å². The highest BCUT2D eigenvalue weighted by Crippen LogP contribution is 2.29. The third kappa shape index (κ3) is 3.73. The molecule has 28 heavy (non-hydrogen) atoms. The predicted octanol–water partition coefficient (Wildman–Crippen LogP) is 3.73. The van der Waals surface area contributed by atoms with Crippen molar-refractivity contribution < 1.29 is 13.2 Å². The number of hydrogen-bond acceptors (Lipinski definition) is 5. The zero-order valence-electron chi connectivity index (χ0n) is 15.4. The lowest BCUT2D eigenvalue weighted by molar-refractivity contribution is 0.114. The number of sulfonamides is 1. The zero-order valence-corrected chi connectivity index (χ0v) is 17.1. The normalized spacial score (nSPS) is 17.2. The second-order valence-corrected chi connectivity index (χ2v) is 9.06. The van der Waals surface area contributed by atoms with Crippen LogP contribution in [0, 0.1) is 11.6 Å². The quantitative estimate of drug-likeness (QED) is 0.621. The minimum atomic E-state index is -3.66. The van der Waals surface area contributed by atoms with Gasteiger partial charge < -0.3 is 4.74 Å². The summed E-state index contributed by atoms with van der Waals surface area (Å²) < 4.78 is 34.6. The van der Waals surface area contributed by atoms with Crippen molar-refractivity contribution in [2.75, 3.05) is 13.2 Å². The molecule has 0 amide bonds. The van der Waals surface area contributed by atoms with Gasteiger partial charge in [0.1, 0.15) is 4.64 Å². The molecule has 1 fully saturated rings. The summed E-state index contributed by atoms with van der Waals surface area (Å²) >= 11 is 5.32. The molecule has 146 valence electrons. The number of fused-ring (bicyclic) bond motifs is 1. The van der Waals surface area contributed by atoms with Gasteiger partial charge in [0.25, 0.3) is 0 Å². The molecule has 1 aromatic heterocycles. The molecule has 2 heterocycles. The molecule has 1 saturated heterocycles. The number of nitrogens with one attached hydrogen (secondary N) is 2. The summed E-state index contributed by atoms with van der Waals surface area (Å²) in [5.41, 5.74) is 2.06. The van der Waals surface area contributed by atoms with Crippen molar-refractivity contribution in [3.63, 3.8) is 0 Å². The van der Waals surface area contributed by atoms with Crippen LogP contribution in [0.2, 0.25) is 0 Å². The molecule has 0 aliphatic carbocycles. The summed E-state index contributed by atoms with van der Waals surface area (Å²) in [5, 5.41) is 8.99. The molecule has 8 heteroatoms. The second kappa shape index (κ2) is 7.71. The summed E-state index contributed by atoms with van der Waals surface area (Å²) in [5.74, 6) is 0. The van der Waals surface area contributed by atoms with Gasteiger partial charge in [0.15, 0.2) is 0 Å². The molecule has 1 aliphatic heterocycles. The van der Waals surface area contributed by atoms with Crippen LogP contribution in [0.15, 0.2) is 47.4 Å². The summed E-state index contributed by atoms with van der Waals surface area (Å²) in [6, 6.07) is 13.0. The van der Waals surface area contributed by atoms with Crippen LogP contribution in [-0.4, -0.2) is 37.9 Å². The van der Waals surface area contributed by atoms with E-state index in [4.69, 9.17) is 17.0 Å². The van der Waals surface area contributed by atoms with Gasteiger partial charge in [-0.1, -0.05) is 48.6 Å². The number of benzene rings is 2. The smallest absolute Gasteiger partial charge is 0.240 e. The van der Waals surface area contributed by atoms with Crippen LogP contribution in [0.1, 0.15) is 18.4 Å². The fraction of sp³-hybridized carbons (Fsp3) is 0.300. The standard InChI is InChI=1S/C20H21N3O3S2/c1-13-8-9-14(19-16-6-2-3-7-17(16)20(27)23-22-19)11-18(13)28(24,25)21-12-15-5-4-10-26-15/h2-3,6-9,11,15,21H,4-5,10,12H2,1H3,(H,23,27)/t15-/m0/s1. The number of aromatic nitrogens is 2. The van der Waals surface area contributed by atoms with Crippen LogP contribution in [0.4, 0.5) is 0 Å². The highest BCUT2D eigenvalue weighted by molar-refractivity contribution is 7.89. The Morgan fingerprint density at radius 3 is 2.79 bits per heavy atom. The third-order valence-electron chi connectivity index (χ3n) is 4.97. The van der Waals surface area contributed by atoms with E-state index in [-0.39, 0.29) is 17.5 Å². The third-order valence-corrected chi connectivity index (χ3v) is 6.85. The van der Waals surface area contributed by atoms with Crippen LogP contribution in [0.3, 0.4) is 0 Å². The number of hydrogen-bond donors (Lipinski definition) is 2. The van der Waals surface area contributed by atoms with Crippen molar-refractivity contribution >= 4 is 33.0 Å². The first kappa shape index (κ1) is 19.2. The molecule has 2 aromatic carbocycles. The average Bonchev–Trinajstić information content (AvgIpc) is 3.21. The van der Waals surface area contributed by atoms with E-state index in [0.717, 1.165) is 23.6 Å². The molecular formula is C20H21N3O3S2. The SMILES string of the molecule is Cc1ccc(-c2n[nH]c(=S)c3ccccc23)cc1S(=O)(=O)NC[C@@H]1CCCO1. The number of rotatable bonds is 5. The summed E-state index contributed by atoms with van der Waals surface area (Å²) in [7, 11) is -3.66. The molecule has 0 radical (unpaired) electrons. The van der Waals surface area contributed by atoms with Crippen molar-refractivity contribution in [3.05, 3.63) is 52.7 Å². The van der Waals surface area contributed by atoms with E-state index in [9.17, 15) is 8.42 Å². The van der Waals surface area contributed by atoms with E-state index in [0.29, 0.717) is 28.1 Å². The van der Waals surface area contributed by atoms with Gasteiger partial charge in [-0.15, -0.1) is 0 Å². The Balaban J connectivity index is 1.74. The van der Waals surface area contributed by atoms with Gasteiger partial charge in [0.05, 0.1) is 16.7 Å². The molecular weight excluding hydrogens is 394 g/mol. The average molecular weight is 416 g/mol. The molecule has 1 atom stereocenters. The van der Waals surface area contributed by atoms with Gasteiger partial charge >= 0.3 is 0 Å². The molecule has 0 spiro atoms. The molecule has 1 aliphatic rings. The Kier molecular flexibility index (Phi) is 5.29. The van der Waals surface area contributed by atoms with Gasteiger partial charge in [0, 0.05) is 29.5 Å². The molecule has 4 rings (SSSR count). The van der Waals surface area contributed by atoms with Gasteiger partial charge in [-0.05, 0) is 31.4 Å². The number of aryl methyl sites for hydroxylation is 1. The first-order valence-corrected chi connectivity index (χ1v) is 11.0. The van der Waals surface area contributed by atoms with E-state index < -0.39 is 10.0 Å². The van der Waals surface area contributed by atoms with Crippen LogP contribution in [-0.2, 0) is 14.8 Å². The monoisotopic (exact) mass is 415 g/mol. The van der Waals surface area contributed by atoms with Gasteiger partial charge in [-0.2, -0.15) is 5.10 Å². The van der Waals surface area contributed by atoms with Gasteiger partial charge in [-0.3, -0.25) is 5.10 Å². The van der Waals surface area contributed by atoms with Crippen molar-refractivity contribution in [3.8, 4) is 11.3 Å². The predicted molar refractivity (Wildman–Crippen MR) is 111 cm³/mol.